The molecule has 8 nitrogen and oxygen atoms in total. The number of hydrogen-bond donors (Lipinski definition) is 3. The topological polar surface area (TPSA) is 116 Å². The van der Waals surface area contributed by atoms with Crippen LogP contribution in [-0.2, 0) is 31.1 Å². The first-order chi connectivity index (χ1) is 16.2. The van der Waals surface area contributed by atoms with Gasteiger partial charge in [0.25, 0.3) is 0 Å². The first kappa shape index (κ1) is 22.6. The first-order valence-corrected chi connectivity index (χ1v) is 11.6. The number of amides is 3. The number of nitrogens with one attached hydrogen (secondary N) is 2. The van der Waals surface area contributed by atoms with Crippen LogP contribution in [-0.4, -0.2) is 46.3 Å². The molecule has 3 amide bonds. The summed E-state index contributed by atoms with van der Waals surface area (Å²) in [6.07, 6.45) is 0.420. The van der Waals surface area contributed by atoms with Crippen LogP contribution >= 0.6 is 11.6 Å². The molecule has 0 aromatic heterocycles. The van der Waals surface area contributed by atoms with Crippen molar-refractivity contribution >= 4 is 41.0 Å². The van der Waals surface area contributed by atoms with E-state index < -0.39 is 41.2 Å². The Morgan fingerprint density at radius 1 is 1.15 bits per heavy atom. The standard InChI is InChI=1S/C25H24ClN3O5/c1-13-11-15-21(16(26)12-13)27-24(34)25(15)20-19(17(28-25)7-8-18(30)31)22(32)29(23(20)33)10-9-14-5-3-2-4-6-14/h2-6,11-12,17,19-20,28H,7-10H2,1H3,(H,27,34)(H,30,31)/t17-,19-,20+,25+/m1/s1. The summed E-state index contributed by atoms with van der Waals surface area (Å²) in [5.41, 5.74) is 1.27. The monoisotopic (exact) mass is 481 g/mol. The number of carboxylic acids is 1. The number of anilines is 1. The van der Waals surface area contributed by atoms with E-state index in [4.69, 9.17) is 11.6 Å². The summed E-state index contributed by atoms with van der Waals surface area (Å²) >= 11 is 6.41. The lowest BCUT2D eigenvalue weighted by Crippen LogP contribution is -2.53. The Kier molecular flexibility index (Phi) is 5.45. The van der Waals surface area contributed by atoms with Gasteiger partial charge in [0.1, 0.15) is 5.54 Å². The molecular weight excluding hydrogens is 458 g/mol. The van der Waals surface area contributed by atoms with Crippen molar-refractivity contribution in [2.24, 2.45) is 11.8 Å². The SMILES string of the molecule is Cc1cc(Cl)c2c(c1)[C@@]1(N[C@H](CCC(=O)O)[C@H]3C(=O)N(CCc4ccccc4)C(=O)[C@H]31)C(=O)N2. The third kappa shape index (κ3) is 3.32. The van der Waals surface area contributed by atoms with E-state index in [1.165, 1.54) is 4.90 Å². The highest BCUT2D eigenvalue weighted by molar-refractivity contribution is 6.35. The second kappa shape index (κ2) is 8.21. The van der Waals surface area contributed by atoms with Gasteiger partial charge in [0, 0.05) is 24.6 Å². The van der Waals surface area contributed by atoms with E-state index in [0.29, 0.717) is 22.7 Å². The second-order valence-corrected chi connectivity index (χ2v) is 9.59. The van der Waals surface area contributed by atoms with E-state index in [2.05, 4.69) is 10.6 Å². The quantitative estimate of drug-likeness (QED) is 0.546. The average molecular weight is 482 g/mol. The molecular formula is C25H24ClN3O5. The number of aliphatic carboxylic acids is 1. The minimum Gasteiger partial charge on any atom is -0.481 e. The molecule has 2 aromatic carbocycles. The molecule has 4 atom stereocenters. The molecule has 0 radical (unpaired) electrons. The van der Waals surface area contributed by atoms with Crippen molar-refractivity contribution in [3.8, 4) is 0 Å². The van der Waals surface area contributed by atoms with Gasteiger partial charge in [-0.05, 0) is 37.0 Å². The molecule has 0 saturated carbocycles. The van der Waals surface area contributed by atoms with Crippen LogP contribution in [0.3, 0.4) is 0 Å². The van der Waals surface area contributed by atoms with Gasteiger partial charge < -0.3 is 10.4 Å². The molecule has 0 bridgehead atoms. The van der Waals surface area contributed by atoms with Gasteiger partial charge in [-0.15, -0.1) is 0 Å². The molecule has 3 aliphatic heterocycles. The number of carboxylic acid groups (broad SMARTS) is 1. The zero-order chi connectivity index (χ0) is 24.2. The normalized spacial score (nSPS) is 27.3. The number of rotatable bonds is 6. The summed E-state index contributed by atoms with van der Waals surface area (Å²) in [4.78, 5) is 53.2. The number of halogens is 1. The number of fused-ring (bicyclic) bond motifs is 4. The van der Waals surface area contributed by atoms with Crippen LogP contribution in [0, 0.1) is 18.8 Å². The predicted molar refractivity (Wildman–Crippen MR) is 124 cm³/mol. The molecule has 34 heavy (non-hydrogen) atoms. The molecule has 3 heterocycles. The van der Waals surface area contributed by atoms with Crippen LogP contribution in [0.5, 0.6) is 0 Å². The zero-order valence-electron chi connectivity index (χ0n) is 18.5. The Bertz CT molecular complexity index is 1220. The largest absolute Gasteiger partial charge is 0.481 e. The van der Waals surface area contributed by atoms with Gasteiger partial charge in [-0.3, -0.25) is 29.4 Å². The maximum absolute atomic E-state index is 13.7. The Hall–Kier alpha value is -3.23. The Morgan fingerprint density at radius 3 is 2.59 bits per heavy atom. The number of likely N-dealkylation sites (tertiary alicyclic amines) is 1. The third-order valence-electron chi connectivity index (χ3n) is 7.15. The van der Waals surface area contributed by atoms with Gasteiger partial charge in [-0.25, -0.2) is 0 Å². The summed E-state index contributed by atoms with van der Waals surface area (Å²) in [5.74, 6) is -4.06. The molecule has 2 saturated heterocycles. The van der Waals surface area contributed by atoms with Gasteiger partial charge in [-0.2, -0.15) is 0 Å². The van der Waals surface area contributed by atoms with Crippen LogP contribution in [0.2, 0.25) is 5.02 Å². The van der Waals surface area contributed by atoms with Gasteiger partial charge in [0.05, 0.1) is 22.5 Å². The summed E-state index contributed by atoms with van der Waals surface area (Å²) in [6.45, 7) is 2.03. The summed E-state index contributed by atoms with van der Waals surface area (Å²) in [7, 11) is 0. The highest BCUT2D eigenvalue weighted by atomic mass is 35.5. The van der Waals surface area contributed by atoms with Gasteiger partial charge in [0.2, 0.25) is 17.7 Å². The number of hydrogen-bond acceptors (Lipinski definition) is 5. The average Bonchev–Trinajstić information content (AvgIpc) is 3.37. The van der Waals surface area contributed by atoms with E-state index in [9.17, 15) is 24.3 Å². The maximum Gasteiger partial charge on any atom is 0.303 e. The van der Waals surface area contributed by atoms with E-state index in [1.807, 2.05) is 37.3 Å². The van der Waals surface area contributed by atoms with Crippen LogP contribution in [0.15, 0.2) is 42.5 Å². The fourth-order valence-corrected chi connectivity index (χ4v) is 6.01. The van der Waals surface area contributed by atoms with E-state index in [0.717, 1.165) is 11.1 Å². The van der Waals surface area contributed by atoms with Gasteiger partial charge >= 0.3 is 5.97 Å². The third-order valence-corrected chi connectivity index (χ3v) is 7.45. The second-order valence-electron chi connectivity index (χ2n) is 9.18. The summed E-state index contributed by atoms with van der Waals surface area (Å²) < 4.78 is 0. The lowest BCUT2D eigenvalue weighted by Gasteiger charge is -2.29. The van der Waals surface area contributed by atoms with Gasteiger partial charge in [-0.1, -0.05) is 48.0 Å². The van der Waals surface area contributed by atoms with Crippen LogP contribution in [0.25, 0.3) is 0 Å². The zero-order valence-corrected chi connectivity index (χ0v) is 19.3. The van der Waals surface area contributed by atoms with Crippen molar-refractivity contribution in [2.45, 2.75) is 37.8 Å². The van der Waals surface area contributed by atoms with Crippen LogP contribution in [0.1, 0.15) is 29.5 Å². The minimum atomic E-state index is -1.48. The molecule has 3 N–H and O–H groups in total. The van der Waals surface area contributed by atoms with Gasteiger partial charge in [0.15, 0.2) is 0 Å². The van der Waals surface area contributed by atoms with E-state index in [-0.39, 0.29) is 25.3 Å². The maximum atomic E-state index is 13.7. The number of nitrogens with zero attached hydrogens (tertiary/aromatic N) is 1. The van der Waals surface area contributed by atoms with Crippen molar-refractivity contribution in [1.82, 2.24) is 10.2 Å². The van der Waals surface area contributed by atoms with Crippen molar-refractivity contribution in [3.05, 3.63) is 64.2 Å². The lowest BCUT2D eigenvalue weighted by molar-refractivity contribution is -0.143. The highest BCUT2D eigenvalue weighted by Gasteiger charge is 2.70. The van der Waals surface area contributed by atoms with Crippen molar-refractivity contribution < 1.29 is 24.3 Å². The Labute approximate surface area is 201 Å². The molecule has 176 valence electrons. The Balaban J connectivity index is 1.55. The molecule has 0 aliphatic carbocycles. The fourth-order valence-electron chi connectivity index (χ4n) is 5.69. The smallest absolute Gasteiger partial charge is 0.303 e. The van der Waals surface area contributed by atoms with Crippen LogP contribution in [0.4, 0.5) is 5.69 Å². The number of imide groups is 1. The first-order valence-electron chi connectivity index (χ1n) is 11.2. The molecule has 2 fully saturated rings. The molecule has 5 rings (SSSR count). The molecule has 9 heteroatoms. The number of carbonyl (C=O) groups excluding carboxylic acids is 3. The number of benzene rings is 2. The van der Waals surface area contributed by atoms with E-state index >= 15 is 0 Å². The number of carbonyl (C=O) groups is 4. The Morgan fingerprint density at radius 2 is 1.88 bits per heavy atom. The predicted octanol–water partition coefficient (Wildman–Crippen LogP) is 2.48. The fraction of sp³-hybridized carbons (Fsp3) is 0.360. The molecule has 2 aromatic rings. The van der Waals surface area contributed by atoms with Crippen molar-refractivity contribution in [3.63, 3.8) is 0 Å². The highest BCUT2D eigenvalue weighted by Crippen LogP contribution is 2.54. The summed E-state index contributed by atoms with van der Waals surface area (Å²) in [5, 5.41) is 15.6. The lowest BCUT2D eigenvalue weighted by atomic mass is 9.76. The van der Waals surface area contributed by atoms with Crippen molar-refractivity contribution in [1.29, 1.82) is 0 Å². The molecule has 0 unspecified atom stereocenters. The summed E-state index contributed by atoms with van der Waals surface area (Å²) in [6, 6.07) is 12.4. The number of aryl methyl sites for hydroxylation is 1. The minimum absolute atomic E-state index is 0.117. The van der Waals surface area contributed by atoms with E-state index in [1.54, 1.807) is 12.1 Å². The van der Waals surface area contributed by atoms with Crippen LogP contribution < -0.4 is 10.6 Å². The van der Waals surface area contributed by atoms with Crippen molar-refractivity contribution in [2.75, 3.05) is 11.9 Å². The molecule has 3 aliphatic rings. The molecule has 1 spiro atoms.